The molecule has 0 aromatic carbocycles. The first-order valence-electron chi connectivity index (χ1n) is 28.9. The number of allylic oxidation sites excluding steroid dienone is 7. The molecule has 0 aliphatic carbocycles. The number of carbonyl (C=O) groups excluding carboxylic acids is 1. The number of aliphatic hydroxyl groups excluding tert-OH is 5. The molecule has 1 saturated heterocycles. The lowest BCUT2D eigenvalue weighted by molar-refractivity contribution is -0.302. The highest BCUT2D eigenvalue weighted by atomic mass is 16.7. The number of aliphatic hydroxyl groups is 5. The smallest absolute Gasteiger partial charge is 0.220 e. The SMILES string of the molecule is CCCCCCCCCC/C=C/CC/C=C/C(O)C(COC1OC(CO)C(O)C(O)C1O)NC(=O)CCCCCCCCCCCCCCCCC/C=C\C/C=C\CCCCCCCCCCC. The number of nitrogens with one attached hydrogen (secondary N) is 1. The molecule has 1 rings (SSSR count). The van der Waals surface area contributed by atoms with E-state index in [-0.39, 0.29) is 12.5 Å². The van der Waals surface area contributed by atoms with Gasteiger partial charge >= 0.3 is 0 Å². The number of rotatable bonds is 49. The Bertz CT molecular complexity index is 1210. The Balaban J connectivity index is 2.16. The van der Waals surface area contributed by atoms with E-state index in [0.29, 0.717) is 6.42 Å². The molecule has 0 aromatic heterocycles. The van der Waals surface area contributed by atoms with E-state index >= 15 is 0 Å². The molecule has 1 fully saturated rings. The predicted molar refractivity (Wildman–Crippen MR) is 286 cm³/mol. The third-order valence-electron chi connectivity index (χ3n) is 13.6. The molecule has 0 bridgehead atoms. The third-order valence-corrected chi connectivity index (χ3v) is 13.6. The van der Waals surface area contributed by atoms with Gasteiger partial charge in [-0.1, -0.05) is 242 Å². The number of hydrogen-bond acceptors (Lipinski definition) is 8. The Morgan fingerprint density at radius 3 is 1.32 bits per heavy atom. The van der Waals surface area contributed by atoms with E-state index in [1.54, 1.807) is 6.08 Å². The fourth-order valence-electron chi connectivity index (χ4n) is 9.03. The van der Waals surface area contributed by atoms with Crippen LogP contribution < -0.4 is 5.32 Å². The van der Waals surface area contributed by atoms with Crippen LogP contribution >= 0.6 is 0 Å². The highest BCUT2D eigenvalue weighted by Gasteiger charge is 2.44. The van der Waals surface area contributed by atoms with Gasteiger partial charge in [0, 0.05) is 6.42 Å². The molecule has 7 unspecified atom stereocenters. The average molecular weight is 961 g/mol. The Morgan fingerprint density at radius 2 is 0.882 bits per heavy atom. The van der Waals surface area contributed by atoms with E-state index in [0.717, 1.165) is 44.9 Å². The monoisotopic (exact) mass is 960 g/mol. The molecule has 1 heterocycles. The molecule has 398 valence electrons. The summed E-state index contributed by atoms with van der Waals surface area (Å²) in [4.78, 5) is 13.0. The fraction of sp³-hybridized carbons (Fsp3) is 0.847. The number of carbonyl (C=O) groups is 1. The largest absolute Gasteiger partial charge is 0.394 e. The molecular formula is C59H109NO8. The lowest BCUT2D eigenvalue weighted by Gasteiger charge is -2.40. The van der Waals surface area contributed by atoms with Gasteiger partial charge in [0.25, 0.3) is 0 Å². The highest BCUT2D eigenvalue weighted by Crippen LogP contribution is 2.23. The van der Waals surface area contributed by atoms with Crippen LogP contribution in [0, 0.1) is 0 Å². The zero-order chi connectivity index (χ0) is 49.4. The van der Waals surface area contributed by atoms with Crippen LogP contribution in [-0.2, 0) is 14.3 Å². The van der Waals surface area contributed by atoms with Crippen LogP contribution in [-0.4, -0.2) is 87.5 Å². The molecule has 1 aliphatic rings. The summed E-state index contributed by atoms with van der Waals surface area (Å²) in [5, 5.41) is 54.4. The van der Waals surface area contributed by atoms with Gasteiger partial charge in [0.2, 0.25) is 5.91 Å². The standard InChI is InChI=1S/C59H109NO8/c1-3-5-7-9-11-13-15-17-19-20-21-22-23-24-25-26-27-28-29-30-31-32-33-34-35-37-39-41-43-45-47-49-55(63)60-52(51-67-59-58(66)57(65)56(64)54(50-61)68-59)53(62)48-46-44-42-40-38-36-18-16-14-12-10-8-6-4-2/h21-22,24-25,38,40,46,48,52-54,56-59,61-62,64-66H,3-20,23,26-37,39,41-45,47,49-51H2,1-2H3,(H,60,63)/b22-21-,25-24-,40-38+,48-46+. The Labute approximate surface area is 418 Å². The second-order valence-electron chi connectivity index (χ2n) is 20.1. The highest BCUT2D eigenvalue weighted by molar-refractivity contribution is 5.76. The third kappa shape index (κ3) is 37.9. The number of hydrogen-bond donors (Lipinski definition) is 6. The van der Waals surface area contributed by atoms with Crippen molar-refractivity contribution in [2.24, 2.45) is 0 Å². The molecule has 1 aliphatic heterocycles. The van der Waals surface area contributed by atoms with Gasteiger partial charge in [-0.15, -0.1) is 0 Å². The van der Waals surface area contributed by atoms with Crippen LogP contribution in [0.4, 0.5) is 0 Å². The first-order chi connectivity index (χ1) is 33.3. The number of ether oxygens (including phenoxy) is 2. The maximum absolute atomic E-state index is 13.0. The van der Waals surface area contributed by atoms with Gasteiger partial charge in [0.05, 0.1) is 25.4 Å². The van der Waals surface area contributed by atoms with Crippen LogP contribution in [0.1, 0.15) is 264 Å². The van der Waals surface area contributed by atoms with Crippen LogP contribution in [0.2, 0.25) is 0 Å². The Kier molecular flexibility index (Phi) is 46.0. The minimum atomic E-state index is -1.57. The van der Waals surface area contributed by atoms with Crippen molar-refractivity contribution < 1.29 is 39.8 Å². The van der Waals surface area contributed by atoms with Crippen LogP contribution in [0.15, 0.2) is 48.6 Å². The second kappa shape index (κ2) is 48.8. The van der Waals surface area contributed by atoms with Crippen molar-refractivity contribution in [2.45, 2.75) is 307 Å². The number of amides is 1. The van der Waals surface area contributed by atoms with Crippen molar-refractivity contribution in [3.8, 4) is 0 Å². The van der Waals surface area contributed by atoms with Crippen molar-refractivity contribution in [1.29, 1.82) is 0 Å². The van der Waals surface area contributed by atoms with Crippen LogP contribution in [0.5, 0.6) is 0 Å². The van der Waals surface area contributed by atoms with E-state index in [1.807, 2.05) is 6.08 Å². The van der Waals surface area contributed by atoms with Gasteiger partial charge in [0.15, 0.2) is 6.29 Å². The van der Waals surface area contributed by atoms with Gasteiger partial charge in [-0.2, -0.15) is 0 Å². The minimum Gasteiger partial charge on any atom is -0.394 e. The van der Waals surface area contributed by atoms with Crippen LogP contribution in [0.3, 0.4) is 0 Å². The molecule has 9 nitrogen and oxygen atoms in total. The normalized spacial score (nSPS) is 19.9. The van der Waals surface area contributed by atoms with Gasteiger partial charge < -0.3 is 40.3 Å². The molecular weight excluding hydrogens is 851 g/mol. The molecule has 0 radical (unpaired) electrons. The minimum absolute atomic E-state index is 0.186. The Morgan fingerprint density at radius 1 is 0.500 bits per heavy atom. The second-order valence-corrected chi connectivity index (χ2v) is 20.1. The van der Waals surface area contributed by atoms with Gasteiger partial charge in [-0.25, -0.2) is 0 Å². The van der Waals surface area contributed by atoms with Gasteiger partial charge in [-0.3, -0.25) is 4.79 Å². The van der Waals surface area contributed by atoms with E-state index in [2.05, 4.69) is 55.6 Å². The topological polar surface area (TPSA) is 149 Å². The predicted octanol–water partition coefficient (Wildman–Crippen LogP) is 14.1. The molecule has 9 heteroatoms. The fourth-order valence-corrected chi connectivity index (χ4v) is 9.03. The van der Waals surface area contributed by atoms with Crippen molar-refractivity contribution in [2.75, 3.05) is 13.2 Å². The van der Waals surface area contributed by atoms with Crippen molar-refractivity contribution >= 4 is 5.91 Å². The molecule has 0 aromatic rings. The lowest BCUT2D eigenvalue weighted by atomic mass is 9.99. The molecule has 0 saturated carbocycles. The summed E-state index contributed by atoms with van der Waals surface area (Å²) < 4.78 is 11.2. The van der Waals surface area contributed by atoms with E-state index in [4.69, 9.17) is 9.47 Å². The summed E-state index contributed by atoms with van der Waals surface area (Å²) in [7, 11) is 0. The molecule has 6 N–H and O–H groups in total. The van der Waals surface area contributed by atoms with Gasteiger partial charge in [0.1, 0.15) is 24.4 Å². The maximum atomic E-state index is 13.0. The van der Waals surface area contributed by atoms with E-state index < -0.39 is 49.5 Å². The van der Waals surface area contributed by atoms with Gasteiger partial charge in [-0.05, 0) is 64.2 Å². The summed E-state index contributed by atoms with van der Waals surface area (Å²) in [6, 6.07) is -0.821. The summed E-state index contributed by atoms with van der Waals surface area (Å²) in [5.41, 5.74) is 0. The molecule has 1 amide bonds. The summed E-state index contributed by atoms with van der Waals surface area (Å²) in [6.07, 6.45) is 57.6. The lowest BCUT2D eigenvalue weighted by Crippen LogP contribution is -2.60. The molecule has 7 atom stereocenters. The number of unbranched alkanes of at least 4 members (excludes halogenated alkanes) is 33. The van der Waals surface area contributed by atoms with E-state index in [9.17, 15) is 30.3 Å². The zero-order valence-electron chi connectivity index (χ0n) is 44.1. The average Bonchev–Trinajstić information content (AvgIpc) is 3.34. The quantitative estimate of drug-likeness (QED) is 0.0261. The molecule has 68 heavy (non-hydrogen) atoms. The maximum Gasteiger partial charge on any atom is 0.220 e. The molecule has 0 spiro atoms. The van der Waals surface area contributed by atoms with E-state index in [1.165, 1.54) is 199 Å². The van der Waals surface area contributed by atoms with Crippen LogP contribution in [0.25, 0.3) is 0 Å². The van der Waals surface area contributed by atoms with Crippen molar-refractivity contribution in [3.63, 3.8) is 0 Å². The zero-order valence-corrected chi connectivity index (χ0v) is 44.1. The van der Waals surface area contributed by atoms with Crippen molar-refractivity contribution in [3.05, 3.63) is 48.6 Å². The Hall–Kier alpha value is -1.85. The van der Waals surface area contributed by atoms with Crippen molar-refractivity contribution in [1.82, 2.24) is 5.32 Å². The summed E-state index contributed by atoms with van der Waals surface area (Å²) in [6.45, 7) is 3.77. The summed E-state index contributed by atoms with van der Waals surface area (Å²) in [5.74, 6) is -0.186. The summed E-state index contributed by atoms with van der Waals surface area (Å²) >= 11 is 0. The first-order valence-corrected chi connectivity index (χ1v) is 28.9. The first kappa shape index (κ1) is 64.2.